The highest BCUT2D eigenvalue weighted by molar-refractivity contribution is 5.42. The summed E-state index contributed by atoms with van der Waals surface area (Å²) < 4.78 is 10.6. The molecule has 1 heterocycles. The molecule has 18 heavy (non-hydrogen) atoms. The molecule has 0 spiro atoms. The molecular formula is C15H23NO2. The summed E-state index contributed by atoms with van der Waals surface area (Å²) in [6, 6.07) is 6.19. The van der Waals surface area contributed by atoms with Crippen LogP contribution in [0.15, 0.2) is 18.2 Å². The van der Waals surface area contributed by atoms with Gasteiger partial charge in [-0.05, 0) is 49.5 Å². The first-order valence-electron chi connectivity index (χ1n) is 6.66. The lowest BCUT2D eigenvalue weighted by Crippen LogP contribution is -2.32. The molecule has 3 nitrogen and oxygen atoms in total. The number of nitrogens with zero attached hydrogens (tertiary/aromatic N) is 1. The molecule has 0 N–H and O–H groups in total. The molecule has 0 saturated carbocycles. The van der Waals surface area contributed by atoms with Gasteiger partial charge in [-0.1, -0.05) is 13.0 Å². The lowest BCUT2D eigenvalue weighted by molar-refractivity contribution is 0.185. The zero-order valence-electron chi connectivity index (χ0n) is 11.6. The molecule has 2 rings (SSSR count). The Bertz CT molecular complexity index is 384. The molecule has 1 aromatic carbocycles. The Morgan fingerprint density at radius 3 is 2.39 bits per heavy atom. The molecule has 0 aliphatic carbocycles. The number of rotatable bonds is 4. The second kappa shape index (κ2) is 6.10. The smallest absolute Gasteiger partial charge is 0.161 e. The quantitative estimate of drug-likeness (QED) is 0.819. The summed E-state index contributed by atoms with van der Waals surface area (Å²) in [5.74, 6) is 2.50. The van der Waals surface area contributed by atoms with E-state index in [1.165, 1.54) is 31.5 Å². The maximum Gasteiger partial charge on any atom is 0.161 e. The standard InChI is InChI=1S/C15H23NO2/c1-12-6-8-16(9-7-12)11-13-4-5-14(17-2)15(10-13)18-3/h4-5,10,12H,6-9,11H2,1-3H3. The highest BCUT2D eigenvalue weighted by atomic mass is 16.5. The minimum Gasteiger partial charge on any atom is -0.493 e. The van der Waals surface area contributed by atoms with Gasteiger partial charge >= 0.3 is 0 Å². The normalized spacial score (nSPS) is 17.7. The van der Waals surface area contributed by atoms with Crippen LogP contribution in [0.3, 0.4) is 0 Å². The van der Waals surface area contributed by atoms with Gasteiger partial charge in [0.1, 0.15) is 0 Å². The van der Waals surface area contributed by atoms with Gasteiger partial charge in [-0.3, -0.25) is 4.90 Å². The van der Waals surface area contributed by atoms with Crippen LogP contribution in [0.4, 0.5) is 0 Å². The number of likely N-dealkylation sites (tertiary alicyclic amines) is 1. The Morgan fingerprint density at radius 1 is 1.11 bits per heavy atom. The first-order valence-corrected chi connectivity index (χ1v) is 6.66. The summed E-state index contributed by atoms with van der Waals surface area (Å²) in [7, 11) is 3.35. The van der Waals surface area contributed by atoms with Crippen molar-refractivity contribution in [1.29, 1.82) is 0 Å². The third-order valence-electron chi connectivity index (χ3n) is 3.73. The van der Waals surface area contributed by atoms with Crippen LogP contribution in [-0.4, -0.2) is 32.2 Å². The van der Waals surface area contributed by atoms with E-state index < -0.39 is 0 Å². The summed E-state index contributed by atoms with van der Waals surface area (Å²) in [5.41, 5.74) is 1.29. The maximum absolute atomic E-state index is 5.34. The number of ether oxygens (including phenoxy) is 2. The predicted molar refractivity (Wildman–Crippen MR) is 73.2 cm³/mol. The molecule has 1 aromatic rings. The second-order valence-corrected chi connectivity index (χ2v) is 5.15. The van der Waals surface area contributed by atoms with E-state index in [-0.39, 0.29) is 0 Å². The highest BCUT2D eigenvalue weighted by Gasteiger charge is 2.16. The van der Waals surface area contributed by atoms with Gasteiger partial charge in [0.2, 0.25) is 0 Å². The second-order valence-electron chi connectivity index (χ2n) is 5.15. The zero-order valence-corrected chi connectivity index (χ0v) is 11.6. The van der Waals surface area contributed by atoms with Crippen LogP contribution in [-0.2, 0) is 6.54 Å². The molecule has 0 unspecified atom stereocenters. The molecule has 0 amide bonds. The fraction of sp³-hybridized carbons (Fsp3) is 0.600. The van der Waals surface area contributed by atoms with Crippen LogP contribution in [0.2, 0.25) is 0 Å². The van der Waals surface area contributed by atoms with E-state index in [1.54, 1.807) is 14.2 Å². The van der Waals surface area contributed by atoms with Gasteiger partial charge in [-0.2, -0.15) is 0 Å². The lowest BCUT2D eigenvalue weighted by Gasteiger charge is -2.30. The number of piperidine rings is 1. The van der Waals surface area contributed by atoms with Crippen molar-refractivity contribution in [2.75, 3.05) is 27.3 Å². The number of methoxy groups -OCH3 is 2. The molecule has 100 valence electrons. The van der Waals surface area contributed by atoms with Crippen LogP contribution in [0.5, 0.6) is 11.5 Å². The maximum atomic E-state index is 5.34. The van der Waals surface area contributed by atoms with Crippen molar-refractivity contribution in [2.45, 2.75) is 26.3 Å². The van der Waals surface area contributed by atoms with E-state index in [2.05, 4.69) is 24.0 Å². The van der Waals surface area contributed by atoms with Crippen LogP contribution < -0.4 is 9.47 Å². The van der Waals surface area contributed by atoms with E-state index in [1.807, 2.05) is 6.07 Å². The van der Waals surface area contributed by atoms with Gasteiger partial charge in [0.25, 0.3) is 0 Å². The van der Waals surface area contributed by atoms with Crippen LogP contribution >= 0.6 is 0 Å². The Kier molecular flexibility index (Phi) is 4.48. The first kappa shape index (κ1) is 13.2. The highest BCUT2D eigenvalue weighted by Crippen LogP contribution is 2.28. The topological polar surface area (TPSA) is 21.7 Å². The van der Waals surface area contributed by atoms with Crippen LogP contribution in [0, 0.1) is 5.92 Å². The van der Waals surface area contributed by atoms with Crippen molar-refractivity contribution in [3.8, 4) is 11.5 Å². The Balaban J connectivity index is 2.01. The number of hydrogen-bond donors (Lipinski definition) is 0. The lowest BCUT2D eigenvalue weighted by atomic mass is 9.99. The van der Waals surface area contributed by atoms with Gasteiger partial charge in [0, 0.05) is 6.54 Å². The van der Waals surface area contributed by atoms with E-state index in [9.17, 15) is 0 Å². The zero-order chi connectivity index (χ0) is 13.0. The van der Waals surface area contributed by atoms with Gasteiger partial charge in [0.15, 0.2) is 11.5 Å². The molecular weight excluding hydrogens is 226 g/mol. The summed E-state index contributed by atoms with van der Waals surface area (Å²) in [5, 5.41) is 0. The van der Waals surface area contributed by atoms with E-state index in [0.717, 1.165) is 24.0 Å². The predicted octanol–water partition coefficient (Wildman–Crippen LogP) is 2.94. The number of hydrogen-bond acceptors (Lipinski definition) is 3. The first-order chi connectivity index (χ1) is 8.72. The molecule has 0 aromatic heterocycles. The van der Waals surface area contributed by atoms with Crippen LogP contribution in [0.1, 0.15) is 25.3 Å². The van der Waals surface area contributed by atoms with Gasteiger partial charge in [-0.25, -0.2) is 0 Å². The third kappa shape index (κ3) is 3.16. The van der Waals surface area contributed by atoms with E-state index in [4.69, 9.17) is 9.47 Å². The summed E-state index contributed by atoms with van der Waals surface area (Å²) >= 11 is 0. The van der Waals surface area contributed by atoms with Gasteiger partial charge < -0.3 is 9.47 Å². The Hall–Kier alpha value is -1.22. The van der Waals surface area contributed by atoms with E-state index >= 15 is 0 Å². The minimum absolute atomic E-state index is 0.800. The SMILES string of the molecule is COc1ccc(CN2CCC(C)CC2)cc1OC. The summed E-state index contributed by atoms with van der Waals surface area (Å²) in [4.78, 5) is 2.52. The molecule has 1 aliphatic rings. The fourth-order valence-corrected chi connectivity index (χ4v) is 2.46. The average Bonchev–Trinajstić information content (AvgIpc) is 2.41. The van der Waals surface area contributed by atoms with Crippen molar-refractivity contribution >= 4 is 0 Å². The minimum atomic E-state index is 0.800. The summed E-state index contributed by atoms with van der Waals surface area (Å²) in [6.07, 6.45) is 2.63. The molecule has 1 saturated heterocycles. The van der Waals surface area contributed by atoms with Gasteiger partial charge in [-0.15, -0.1) is 0 Å². The fourth-order valence-electron chi connectivity index (χ4n) is 2.46. The number of benzene rings is 1. The van der Waals surface area contributed by atoms with Gasteiger partial charge in [0.05, 0.1) is 14.2 Å². The molecule has 0 bridgehead atoms. The van der Waals surface area contributed by atoms with Crippen molar-refractivity contribution in [3.05, 3.63) is 23.8 Å². The Morgan fingerprint density at radius 2 is 1.78 bits per heavy atom. The van der Waals surface area contributed by atoms with Crippen molar-refractivity contribution in [2.24, 2.45) is 5.92 Å². The molecule has 0 atom stereocenters. The summed E-state index contributed by atoms with van der Waals surface area (Å²) in [6.45, 7) is 5.76. The average molecular weight is 249 g/mol. The Labute approximate surface area is 110 Å². The molecule has 1 fully saturated rings. The van der Waals surface area contributed by atoms with Crippen LogP contribution in [0.25, 0.3) is 0 Å². The van der Waals surface area contributed by atoms with Crippen molar-refractivity contribution < 1.29 is 9.47 Å². The molecule has 3 heteroatoms. The molecule has 0 radical (unpaired) electrons. The monoisotopic (exact) mass is 249 g/mol. The van der Waals surface area contributed by atoms with Crippen molar-refractivity contribution in [1.82, 2.24) is 4.90 Å². The molecule has 1 aliphatic heterocycles. The van der Waals surface area contributed by atoms with E-state index in [0.29, 0.717) is 0 Å². The third-order valence-corrected chi connectivity index (χ3v) is 3.73. The largest absolute Gasteiger partial charge is 0.493 e. The van der Waals surface area contributed by atoms with Crippen molar-refractivity contribution in [3.63, 3.8) is 0 Å².